The van der Waals surface area contributed by atoms with Crippen molar-refractivity contribution >= 4 is 0 Å². The third-order valence-electron chi connectivity index (χ3n) is 18.8. The van der Waals surface area contributed by atoms with Crippen molar-refractivity contribution in [1.82, 2.24) is 0 Å². The Hall–Kier alpha value is -1.40. The third-order valence-corrected chi connectivity index (χ3v) is 18.8. The van der Waals surface area contributed by atoms with Crippen LogP contribution in [0.1, 0.15) is 0 Å². The molecule has 14 bridgehead atoms. The highest BCUT2D eigenvalue weighted by Crippen LogP contribution is 2.43. The van der Waals surface area contributed by atoms with Crippen LogP contribution in [0.25, 0.3) is 0 Å². The Bertz CT molecular complexity index is 2170. The lowest BCUT2D eigenvalue weighted by atomic mass is 9.94. The molecule has 0 aromatic heterocycles. The first-order valence-electron chi connectivity index (χ1n) is 31.9. The van der Waals surface area contributed by atoms with E-state index in [2.05, 4.69) is 0 Å². The Morgan fingerprint density at radius 3 is 0.542 bits per heavy atom. The molecule has 562 valence electrons. The van der Waals surface area contributed by atoms with Crippen LogP contribution in [0.3, 0.4) is 0 Å². The van der Waals surface area contributed by atoms with Crippen molar-refractivity contribution in [2.24, 2.45) is 0 Å². The van der Waals surface area contributed by atoms with Gasteiger partial charge in [0.05, 0.1) is 46.2 Å². The number of methoxy groups -OCH3 is 19. The molecule has 0 radical (unpaired) electrons. The van der Waals surface area contributed by atoms with Crippen LogP contribution in [0.4, 0.5) is 0 Å². The molecule has 0 unspecified atom stereocenters. The molecule has 21 heterocycles. The summed E-state index contributed by atoms with van der Waals surface area (Å²) >= 11 is 0. The zero-order chi connectivity index (χ0) is 69.5. The van der Waals surface area contributed by atoms with Gasteiger partial charge in [0, 0.05) is 135 Å². The van der Waals surface area contributed by atoms with E-state index in [-0.39, 0.29) is 46.2 Å². The monoisotopic (exact) mass is 1400 g/mol. The average molecular weight is 1400 g/mol. The summed E-state index contributed by atoms with van der Waals surface area (Å²) in [4.78, 5) is 0. The van der Waals surface area contributed by atoms with E-state index in [4.69, 9.17) is 156 Å². The van der Waals surface area contributed by atoms with Gasteiger partial charge in [-0.05, 0) is 0 Å². The average Bonchev–Trinajstić information content (AvgIpc) is 0.781. The molecule has 0 aliphatic carbocycles. The maximum atomic E-state index is 12.5. The fourth-order valence-electron chi connectivity index (χ4n) is 14.4. The summed E-state index contributed by atoms with van der Waals surface area (Å²) in [6.07, 6.45) is -39.7. The van der Waals surface area contributed by atoms with Gasteiger partial charge in [0.1, 0.15) is 171 Å². The summed E-state index contributed by atoms with van der Waals surface area (Å²) in [7, 11) is 27.9. The van der Waals surface area contributed by atoms with Crippen LogP contribution in [0, 0.1) is 0 Å². The minimum absolute atomic E-state index is 0.0501. The standard InChI is InChI=1S/C61H108O35/c1-64-20-27-36-34(62)44(72-9)56(84-27)92-38-29(22-66-3)86-58(51(79-16)45(38)73-10)94-40-31(24-68-5)88-60(53(81-18)47(40)75-12)96-42-33(26-70-7)89-61(54(82-19)49(42)77-14)95-41-32(25-69-6)87-59(52(80-17)48(41)76-13)93-39-30(23-67-4)85-57(50(78-15)46(39)74-11)91-37-28(21-65-2)83-55(90-36)35(63)43(37)71-8/h27-63H,20-26H2,1-19H3/t27-,28-,29-,30-,31-,32-,33-,34+,35-,36-,37-,38-,39-,40-,41-,42-,43-,44-,45+,46-,47+,48-,49+,50-,51-,52-,53-,54-,55-,56-,57-,58-,59-,60-,61-/m1/s1. The van der Waals surface area contributed by atoms with Crippen LogP contribution in [0.5, 0.6) is 0 Å². The van der Waals surface area contributed by atoms with Crippen molar-refractivity contribution in [2.45, 2.75) is 215 Å². The number of aliphatic hydroxyl groups is 2. The molecular formula is C61H108O35. The van der Waals surface area contributed by atoms with Crippen molar-refractivity contribution in [1.29, 1.82) is 0 Å². The molecule has 21 fully saturated rings. The number of ether oxygens (including phenoxy) is 33. The van der Waals surface area contributed by atoms with Crippen LogP contribution >= 0.6 is 0 Å². The maximum absolute atomic E-state index is 12.5. The highest BCUT2D eigenvalue weighted by molar-refractivity contribution is 5.04. The molecule has 21 rings (SSSR count). The second-order valence-electron chi connectivity index (χ2n) is 24.1. The van der Waals surface area contributed by atoms with E-state index in [1.54, 1.807) is 0 Å². The van der Waals surface area contributed by atoms with Crippen LogP contribution < -0.4 is 0 Å². The van der Waals surface area contributed by atoms with Crippen LogP contribution in [0.2, 0.25) is 0 Å². The largest absolute Gasteiger partial charge is 0.387 e. The van der Waals surface area contributed by atoms with Gasteiger partial charge in [0.15, 0.2) is 44.0 Å². The molecule has 0 spiro atoms. The van der Waals surface area contributed by atoms with Crippen molar-refractivity contribution in [3.05, 3.63) is 0 Å². The molecule has 21 aliphatic rings. The van der Waals surface area contributed by atoms with Gasteiger partial charge < -0.3 is 167 Å². The molecule has 2 N–H and O–H groups in total. The van der Waals surface area contributed by atoms with E-state index in [1.165, 1.54) is 135 Å². The summed E-state index contributed by atoms with van der Waals surface area (Å²) in [5.74, 6) is 0. The van der Waals surface area contributed by atoms with Crippen molar-refractivity contribution in [3.8, 4) is 0 Å². The number of hydrogen-bond donors (Lipinski definition) is 2. The summed E-state index contributed by atoms with van der Waals surface area (Å²) in [5.41, 5.74) is 0. The summed E-state index contributed by atoms with van der Waals surface area (Å²) in [6, 6.07) is 0. The Kier molecular flexibility index (Phi) is 32.6. The predicted molar refractivity (Wildman–Crippen MR) is 319 cm³/mol. The smallest absolute Gasteiger partial charge is 0.187 e. The number of aliphatic hydroxyl groups excluding tert-OH is 2. The molecule has 35 nitrogen and oxygen atoms in total. The van der Waals surface area contributed by atoms with Crippen LogP contribution in [0.15, 0.2) is 0 Å². The third kappa shape index (κ3) is 17.4. The van der Waals surface area contributed by atoms with E-state index < -0.39 is 215 Å². The van der Waals surface area contributed by atoms with Gasteiger partial charge in [-0.1, -0.05) is 0 Å². The first kappa shape index (κ1) is 80.3. The van der Waals surface area contributed by atoms with Gasteiger partial charge in [-0.25, -0.2) is 0 Å². The van der Waals surface area contributed by atoms with Gasteiger partial charge in [-0.3, -0.25) is 0 Å². The maximum Gasteiger partial charge on any atom is 0.187 e. The molecule has 35 atom stereocenters. The fourth-order valence-corrected chi connectivity index (χ4v) is 14.4. The summed E-state index contributed by atoms with van der Waals surface area (Å²) in [6.45, 7) is -0.622. The van der Waals surface area contributed by atoms with Crippen LogP contribution in [-0.4, -0.2) is 406 Å². The molecular weight excluding hydrogens is 1290 g/mol. The molecule has 21 aliphatic heterocycles. The second-order valence-corrected chi connectivity index (χ2v) is 24.1. The minimum atomic E-state index is -1.62. The lowest BCUT2D eigenvalue weighted by Gasteiger charge is -2.52. The normalized spacial score (nSPS) is 46.8. The molecule has 0 saturated carbocycles. The Labute approximate surface area is 561 Å². The Morgan fingerprint density at radius 2 is 0.344 bits per heavy atom. The zero-order valence-electron chi connectivity index (χ0n) is 58.5. The first-order chi connectivity index (χ1) is 46.6. The molecule has 0 amide bonds. The molecule has 21 saturated heterocycles. The van der Waals surface area contributed by atoms with Gasteiger partial charge >= 0.3 is 0 Å². The highest BCUT2D eigenvalue weighted by atomic mass is 16.8. The predicted octanol–water partition coefficient (Wildman–Crippen LogP) is -2.80. The molecule has 35 heteroatoms. The number of hydrogen-bond acceptors (Lipinski definition) is 35. The minimum Gasteiger partial charge on any atom is -0.387 e. The highest BCUT2D eigenvalue weighted by Gasteiger charge is 2.62. The second kappa shape index (κ2) is 38.9. The number of rotatable bonds is 26. The molecule has 0 aromatic rings. The quantitative estimate of drug-likeness (QED) is 0.0883. The van der Waals surface area contributed by atoms with E-state index in [1.807, 2.05) is 0 Å². The van der Waals surface area contributed by atoms with E-state index in [0.29, 0.717) is 0 Å². The Morgan fingerprint density at radius 1 is 0.177 bits per heavy atom. The fraction of sp³-hybridized carbons (Fsp3) is 1.00. The van der Waals surface area contributed by atoms with Crippen molar-refractivity contribution in [2.75, 3.05) is 181 Å². The van der Waals surface area contributed by atoms with Crippen molar-refractivity contribution in [3.63, 3.8) is 0 Å². The van der Waals surface area contributed by atoms with Gasteiger partial charge in [-0.2, -0.15) is 0 Å². The molecule has 96 heavy (non-hydrogen) atoms. The Balaban J connectivity index is 1.22. The van der Waals surface area contributed by atoms with Crippen LogP contribution in [-0.2, 0) is 156 Å². The van der Waals surface area contributed by atoms with Gasteiger partial charge in [0.2, 0.25) is 0 Å². The summed E-state index contributed by atoms with van der Waals surface area (Å²) < 4.78 is 210. The molecule has 0 aromatic carbocycles. The summed E-state index contributed by atoms with van der Waals surface area (Å²) in [5, 5.41) is 24.9. The first-order valence-corrected chi connectivity index (χ1v) is 31.9. The van der Waals surface area contributed by atoms with Crippen molar-refractivity contribution < 1.29 is 167 Å². The zero-order valence-corrected chi connectivity index (χ0v) is 58.5. The lowest BCUT2D eigenvalue weighted by Crippen LogP contribution is -2.69. The van der Waals surface area contributed by atoms with E-state index in [0.717, 1.165) is 0 Å². The van der Waals surface area contributed by atoms with E-state index >= 15 is 0 Å². The lowest BCUT2D eigenvalue weighted by molar-refractivity contribution is -0.402. The van der Waals surface area contributed by atoms with Gasteiger partial charge in [0.25, 0.3) is 0 Å². The SMILES string of the molecule is COC[C@H]1O[C@@H]2O[C@H]3[C@H](OC)[C@@H](OC)[C@@H](O[C@H]4[C@H](OC)[C@@H](OC)[C@@H](O[C@H]5[C@H](OC)[C@@H](OC)[C@@H](O[C@H]6[C@@H](OC)[C@@H](OC)[C@@H](O[C@H]7[C@@H](OC)[C@@H](OC)[C@@H](O[C@H]8[C@H](OC)[C@@H](O)[C@@H](O[C@H]1[C@H](O)[C@H]2OC)O[C@@H]8COC)O[C@@H]7COC)O[C@@H]6COC)O[C@@H]5COC)O[C@@H]4COC)O[C@@H]3COC. The van der Waals surface area contributed by atoms with E-state index in [9.17, 15) is 10.2 Å². The topological polar surface area (TPSA) is 345 Å². The van der Waals surface area contributed by atoms with Gasteiger partial charge in [-0.15, -0.1) is 0 Å².